The van der Waals surface area contributed by atoms with Crippen LogP contribution in [-0.2, 0) is 0 Å². The van der Waals surface area contributed by atoms with Crippen LogP contribution in [0.5, 0.6) is 0 Å². The summed E-state index contributed by atoms with van der Waals surface area (Å²) in [6.07, 6.45) is 0. The Morgan fingerprint density at radius 3 is 1.19 bits per heavy atom. The second-order valence-corrected chi connectivity index (χ2v) is 17.6. The molecule has 0 amide bonds. The third-order valence-corrected chi connectivity index (χ3v) is 13.6. The van der Waals surface area contributed by atoms with E-state index in [1.54, 1.807) is 0 Å². The Labute approximate surface area is 395 Å². The molecule has 0 aliphatic carbocycles. The molecule has 0 fully saturated rings. The van der Waals surface area contributed by atoms with Gasteiger partial charge in [0.1, 0.15) is 11.3 Å². The number of hydrogen-bond acceptors (Lipinski definition) is 2. The molecule has 0 unspecified atom stereocenters. The van der Waals surface area contributed by atoms with Crippen molar-refractivity contribution in [1.29, 1.82) is 0 Å². The molecule has 12 aromatic carbocycles. The monoisotopic (exact) mass is 865 g/mol. The largest absolute Gasteiger partial charge is 0.455 e. The number of fused-ring (bicyclic) bond motifs is 8. The quantitative estimate of drug-likeness (QED) is 0.142. The molecule has 0 aliphatic rings. The van der Waals surface area contributed by atoms with E-state index in [4.69, 9.17) is 4.42 Å². The van der Waals surface area contributed by atoms with E-state index in [-0.39, 0.29) is 0 Å². The van der Waals surface area contributed by atoms with Crippen molar-refractivity contribution in [3.8, 4) is 55.8 Å². The van der Waals surface area contributed by atoms with Crippen LogP contribution in [0.2, 0.25) is 0 Å². The number of nitrogens with zero attached hydrogens (tertiary/aromatic N) is 1. The first-order valence-electron chi connectivity index (χ1n) is 23.3. The fourth-order valence-corrected chi connectivity index (χ4v) is 10.2. The van der Waals surface area contributed by atoms with E-state index in [2.05, 4.69) is 266 Å². The van der Waals surface area contributed by atoms with E-state index in [1.165, 1.54) is 60.0 Å². The van der Waals surface area contributed by atoms with Crippen molar-refractivity contribution in [3.05, 3.63) is 261 Å². The minimum Gasteiger partial charge on any atom is -0.455 e. The van der Waals surface area contributed by atoms with Crippen molar-refractivity contribution in [2.24, 2.45) is 0 Å². The van der Waals surface area contributed by atoms with Crippen LogP contribution < -0.4 is 4.90 Å². The molecule has 0 saturated carbocycles. The van der Waals surface area contributed by atoms with Gasteiger partial charge in [-0.25, -0.2) is 0 Å². The first kappa shape index (κ1) is 39.4. The van der Waals surface area contributed by atoms with Gasteiger partial charge in [0.2, 0.25) is 0 Å². The molecule has 0 saturated heterocycles. The van der Waals surface area contributed by atoms with Gasteiger partial charge in [-0.2, -0.15) is 0 Å². The summed E-state index contributed by atoms with van der Waals surface area (Å²) in [5, 5.41) is 10.8. The first-order chi connectivity index (χ1) is 33.7. The fourth-order valence-electron chi connectivity index (χ4n) is 10.2. The molecular weight excluding hydrogens is 823 g/mol. The Morgan fingerprint density at radius 1 is 0.250 bits per heavy atom. The summed E-state index contributed by atoms with van der Waals surface area (Å²) >= 11 is 0. The highest BCUT2D eigenvalue weighted by Crippen LogP contribution is 2.48. The molecule has 1 aromatic heterocycles. The third-order valence-electron chi connectivity index (χ3n) is 13.6. The molecule has 0 spiro atoms. The highest BCUT2D eigenvalue weighted by atomic mass is 16.3. The molecule has 318 valence electrons. The molecular formula is C66H43NO. The first-order valence-corrected chi connectivity index (χ1v) is 23.3. The van der Waals surface area contributed by atoms with Gasteiger partial charge in [-0.3, -0.25) is 0 Å². The summed E-state index contributed by atoms with van der Waals surface area (Å²) in [7, 11) is 0. The van der Waals surface area contributed by atoms with Gasteiger partial charge in [0.05, 0.1) is 0 Å². The standard InChI is InChI=1S/C66H43NO/c1-2-15-49(16-3-1)63-64-61-23-10-8-21-59(61)60-22-9-11-24-62(60)66(64)68-65(63)55-20-12-19-52(43-55)46-29-35-56(36-30-46)67(57-37-31-47(32-38-57)53-27-25-44-13-4-6-17-50(44)41-53)58-39-33-48(34-40-58)54-28-26-45-14-5-7-18-51(45)42-54/h1-43H. The normalized spacial score (nSPS) is 11.5. The Hall–Kier alpha value is -8.98. The molecule has 68 heavy (non-hydrogen) atoms. The molecule has 0 bridgehead atoms. The lowest BCUT2D eigenvalue weighted by atomic mass is 9.92. The summed E-state index contributed by atoms with van der Waals surface area (Å²) in [5.41, 5.74) is 14.5. The van der Waals surface area contributed by atoms with Crippen LogP contribution in [0.15, 0.2) is 265 Å². The van der Waals surface area contributed by atoms with Gasteiger partial charge < -0.3 is 9.32 Å². The van der Waals surface area contributed by atoms with Gasteiger partial charge >= 0.3 is 0 Å². The zero-order valence-corrected chi connectivity index (χ0v) is 37.2. The maximum atomic E-state index is 7.10. The predicted molar refractivity (Wildman–Crippen MR) is 288 cm³/mol. The second-order valence-electron chi connectivity index (χ2n) is 17.6. The summed E-state index contributed by atoms with van der Waals surface area (Å²) < 4.78 is 7.10. The Morgan fingerprint density at radius 2 is 0.647 bits per heavy atom. The lowest BCUT2D eigenvalue weighted by Crippen LogP contribution is -2.09. The van der Waals surface area contributed by atoms with Gasteiger partial charge in [0, 0.05) is 39.0 Å². The summed E-state index contributed by atoms with van der Waals surface area (Å²) in [6, 6.07) is 94.2. The summed E-state index contributed by atoms with van der Waals surface area (Å²) in [6.45, 7) is 0. The number of rotatable bonds is 8. The Bertz CT molecular complexity index is 3870. The number of hydrogen-bond donors (Lipinski definition) is 0. The van der Waals surface area contributed by atoms with Crippen molar-refractivity contribution in [3.63, 3.8) is 0 Å². The summed E-state index contributed by atoms with van der Waals surface area (Å²) in [5.74, 6) is 0.872. The van der Waals surface area contributed by atoms with Crippen molar-refractivity contribution < 1.29 is 4.42 Å². The SMILES string of the molecule is c1ccc(-c2c(-c3cccc(-c4ccc(N(c5ccc(-c6ccc7ccccc7c6)cc5)c5ccc(-c6ccc7ccccc7c6)cc5)cc4)c3)oc3c4ccccc4c4ccccc4c23)cc1. The maximum absolute atomic E-state index is 7.10. The van der Waals surface area contributed by atoms with Crippen LogP contribution >= 0.6 is 0 Å². The van der Waals surface area contributed by atoms with Gasteiger partial charge in [0.25, 0.3) is 0 Å². The van der Waals surface area contributed by atoms with Gasteiger partial charge in [-0.05, 0) is 131 Å². The average molecular weight is 866 g/mol. The number of benzene rings is 12. The van der Waals surface area contributed by atoms with Crippen LogP contribution in [0.25, 0.3) is 110 Å². The van der Waals surface area contributed by atoms with E-state index in [0.717, 1.165) is 67.0 Å². The lowest BCUT2D eigenvalue weighted by molar-refractivity contribution is 0.636. The minimum atomic E-state index is 0.872. The lowest BCUT2D eigenvalue weighted by Gasteiger charge is -2.26. The Balaban J connectivity index is 0.893. The van der Waals surface area contributed by atoms with Crippen molar-refractivity contribution in [1.82, 2.24) is 0 Å². The van der Waals surface area contributed by atoms with Crippen molar-refractivity contribution in [2.75, 3.05) is 4.90 Å². The molecule has 13 rings (SSSR count). The molecule has 2 nitrogen and oxygen atoms in total. The van der Waals surface area contributed by atoms with Crippen LogP contribution in [-0.4, -0.2) is 0 Å². The molecule has 1 heterocycles. The predicted octanol–water partition coefficient (Wildman–Crippen LogP) is 18.9. The molecule has 0 radical (unpaired) electrons. The fraction of sp³-hybridized carbons (Fsp3) is 0. The maximum Gasteiger partial charge on any atom is 0.143 e. The Kier molecular flexibility index (Phi) is 9.54. The van der Waals surface area contributed by atoms with Crippen LogP contribution in [0.3, 0.4) is 0 Å². The smallest absolute Gasteiger partial charge is 0.143 e. The van der Waals surface area contributed by atoms with E-state index in [1.807, 2.05) is 0 Å². The highest BCUT2D eigenvalue weighted by Gasteiger charge is 2.23. The van der Waals surface area contributed by atoms with Crippen molar-refractivity contribution >= 4 is 71.1 Å². The minimum absolute atomic E-state index is 0.872. The van der Waals surface area contributed by atoms with Gasteiger partial charge in [-0.1, -0.05) is 206 Å². The number of anilines is 3. The van der Waals surface area contributed by atoms with Gasteiger partial charge in [0.15, 0.2) is 0 Å². The van der Waals surface area contributed by atoms with E-state index < -0.39 is 0 Å². The zero-order chi connectivity index (χ0) is 45.0. The van der Waals surface area contributed by atoms with Gasteiger partial charge in [-0.15, -0.1) is 0 Å². The average Bonchev–Trinajstić information content (AvgIpc) is 3.83. The molecule has 2 heteroatoms. The van der Waals surface area contributed by atoms with Crippen LogP contribution in [0, 0.1) is 0 Å². The molecule has 13 aromatic rings. The molecule has 0 N–H and O–H groups in total. The molecule has 0 atom stereocenters. The summed E-state index contributed by atoms with van der Waals surface area (Å²) in [4.78, 5) is 2.35. The zero-order valence-electron chi connectivity index (χ0n) is 37.2. The van der Waals surface area contributed by atoms with E-state index in [0.29, 0.717) is 0 Å². The highest BCUT2D eigenvalue weighted by molar-refractivity contribution is 6.28. The third kappa shape index (κ3) is 6.90. The van der Waals surface area contributed by atoms with Crippen LogP contribution in [0.4, 0.5) is 17.1 Å². The van der Waals surface area contributed by atoms with E-state index in [9.17, 15) is 0 Å². The second kappa shape index (κ2) is 16.5. The van der Waals surface area contributed by atoms with Crippen molar-refractivity contribution in [2.45, 2.75) is 0 Å². The van der Waals surface area contributed by atoms with Crippen LogP contribution in [0.1, 0.15) is 0 Å². The van der Waals surface area contributed by atoms with E-state index >= 15 is 0 Å². The number of furan rings is 1. The topological polar surface area (TPSA) is 16.4 Å². The molecule has 0 aliphatic heterocycles.